The summed E-state index contributed by atoms with van der Waals surface area (Å²) in [6, 6.07) is 9.86. The van der Waals surface area contributed by atoms with E-state index in [2.05, 4.69) is 15.9 Å². The van der Waals surface area contributed by atoms with E-state index >= 15 is 0 Å². The van der Waals surface area contributed by atoms with Gasteiger partial charge in [-0.1, -0.05) is 39.7 Å². The normalized spacial score (nSPS) is 21.2. The molecule has 104 valence electrons. The topological polar surface area (TPSA) is 35.2 Å². The molecule has 3 rings (SSSR count). The van der Waals surface area contributed by atoms with Crippen molar-refractivity contribution in [3.8, 4) is 5.75 Å². The molecule has 0 aliphatic carbocycles. The molecule has 0 fully saturated rings. The van der Waals surface area contributed by atoms with Crippen molar-refractivity contribution in [2.24, 2.45) is 5.73 Å². The summed E-state index contributed by atoms with van der Waals surface area (Å²) in [6.07, 6.45) is 0.347. The molecule has 0 radical (unpaired) electrons. The highest BCUT2D eigenvalue weighted by atomic mass is 79.9. The third-order valence-electron chi connectivity index (χ3n) is 3.42. The highest BCUT2D eigenvalue weighted by Crippen LogP contribution is 2.42. The molecule has 2 aromatic carbocycles. The van der Waals surface area contributed by atoms with Gasteiger partial charge in [-0.25, -0.2) is 4.39 Å². The van der Waals surface area contributed by atoms with Gasteiger partial charge in [-0.15, -0.1) is 0 Å². The number of hydrogen-bond acceptors (Lipinski definition) is 2. The first-order valence-electron chi connectivity index (χ1n) is 6.21. The molecule has 2 atom stereocenters. The van der Waals surface area contributed by atoms with Gasteiger partial charge >= 0.3 is 0 Å². The van der Waals surface area contributed by atoms with Crippen molar-refractivity contribution in [1.82, 2.24) is 0 Å². The van der Waals surface area contributed by atoms with E-state index in [0.717, 1.165) is 15.6 Å². The maximum absolute atomic E-state index is 13.3. The minimum Gasteiger partial charge on any atom is -0.485 e. The average molecular weight is 357 g/mol. The molecular weight excluding hydrogens is 345 g/mol. The van der Waals surface area contributed by atoms with Crippen molar-refractivity contribution >= 4 is 27.5 Å². The fraction of sp³-hybridized carbons (Fsp3) is 0.200. The highest BCUT2D eigenvalue weighted by molar-refractivity contribution is 9.10. The van der Waals surface area contributed by atoms with Gasteiger partial charge in [0.2, 0.25) is 0 Å². The van der Waals surface area contributed by atoms with Crippen LogP contribution in [0, 0.1) is 5.82 Å². The number of fused-ring (bicyclic) bond motifs is 1. The van der Waals surface area contributed by atoms with Crippen LogP contribution in [0.3, 0.4) is 0 Å². The molecule has 0 saturated carbocycles. The summed E-state index contributed by atoms with van der Waals surface area (Å²) in [5.41, 5.74) is 7.84. The molecule has 0 aromatic heterocycles. The molecule has 0 amide bonds. The first kappa shape index (κ1) is 13.9. The lowest BCUT2D eigenvalue weighted by atomic mass is 9.93. The molecule has 2 nitrogen and oxygen atoms in total. The molecule has 0 saturated heterocycles. The summed E-state index contributed by atoms with van der Waals surface area (Å²) in [4.78, 5) is 0. The van der Waals surface area contributed by atoms with Crippen molar-refractivity contribution in [2.75, 3.05) is 0 Å². The van der Waals surface area contributed by atoms with Gasteiger partial charge in [0.05, 0.1) is 0 Å². The fourth-order valence-corrected chi connectivity index (χ4v) is 3.22. The maximum atomic E-state index is 13.3. The molecule has 1 aliphatic rings. The van der Waals surface area contributed by atoms with Crippen molar-refractivity contribution < 1.29 is 9.13 Å². The Bertz CT molecular complexity index is 664. The van der Waals surface area contributed by atoms with Gasteiger partial charge in [0.1, 0.15) is 17.7 Å². The molecule has 2 N–H and O–H groups in total. The van der Waals surface area contributed by atoms with Gasteiger partial charge in [-0.2, -0.15) is 0 Å². The number of benzene rings is 2. The van der Waals surface area contributed by atoms with Gasteiger partial charge in [-0.3, -0.25) is 0 Å². The molecule has 1 heterocycles. The van der Waals surface area contributed by atoms with Crippen molar-refractivity contribution in [3.63, 3.8) is 0 Å². The smallest absolute Gasteiger partial charge is 0.127 e. The Morgan fingerprint density at radius 1 is 1.20 bits per heavy atom. The Hall–Kier alpha value is -1.10. The highest BCUT2D eigenvalue weighted by Gasteiger charge is 2.28. The summed E-state index contributed by atoms with van der Waals surface area (Å²) in [7, 11) is 0. The molecular formula is C15H12BrClFNO. The minimum atomic E-state index is -0.335. The van der Waals surface area contributed by atoms with Crippen molar-refractivity contribution in [2.45, 2.75) is 18.6 Å². The first-order valence-corrected chi connectivity index (χ1v) is 7.38. The van der Waals surface area contributed by atoms with E-state index in [9.17, 15) is 4.39 Å². The Morgan fingerprint density at radius 2 is 1.95 bits per heavy atom. The monoisotopic (exact) mass is 355 g/mol. The molecule has 20 heavy (non-hydrogen) atoms. The second-order valence-corrected chi connectivity index (χ2v) is 6.12. The number of nitrogens with two attached hydrogens (primary N) is 1. The zero-order valence-corrected chi connectivity index (χ0v) is 12.8. The molecule has 2 unspecified atom stereocenters. The lowest BCUT2D eigenvalue weighted by Gasteiger charge is -2.31. The van der Waals surface area contributed by atoms with Crippen LogP contribution in [0.5, 0.6) is 5.75 Å². The van der Waals surface area contributed by atoms with Crippen molar-refractivity contribution in [3.05, 3.63) is 62.8 Å². The Kier molecular flexibility index (Phi) is 3.71. The van der Waals surface area contributed by atoms with Gasteiger partial charge in [0.15, 0.2) is 0 Å². The number of rotatable bonds is 1. The van der Waals surface area contributed by atoms with E-state index < -0.39 is 0 Å². The molecule has 0 bridgehead atoms. The van der Waals surface area contributed by atoms with Crippen LogP contribution < -0.4 is 10.5 Å². The zero-order chi connectivity index (χ0) is 14.3. The van der Waals surface area contributed by atoms with E-state index in [1.165, 1.54) is 12.1 Å². The van der Waals surface area contributed by atoms with E-state index in [1.54, 1.807) is 6.07 Å². The minimum absolute atomic E-state index is 0.191. The van der Waals surface area contributed by atoms with Crippen LogP contribution in [-0.2, 0) is 0 Å². The Labute approximate surface area is 129 Å². The van der Waals surface area contributed by atoms with E-state index in [1.807, 2.05) is 18.2 Å². The summed E-state index contributed by atoms with van der Waals surface area (Å²) in [5.74, 6) is 0.159. The summed E-state index contributed by atoms with van der Waals surface area (Å²) in [6.45, 7) is 0. The quantitative estimate of drug-likeness (QED) is 0.799. The van der Waals surface area contributed by atoms with E-state index in [4.69, 9.17) is 22.1 Å². The van der Waals surface area contributed by atoms with E-state index in [0.29, 0.717) is 17.2 Å². The lowest BCUT2D eigenvalue weighted by molar-refractivity contribution is 0.161. The number of ether oxygens (including phenoxy) is 1. The van der Waals surface area contributed by atoms with Gasteiger partial charge in [0, 0.05) is 39.2 Å². The SMILES string of the molecule is NC1CC(c2ccc(Br)cc2Cl)Oc2cc(F)ccc21. The van der Waals surface area contributed by atoms with Gasteiger partial charge in [0.25, 0.3) is 0 Å². The van der Waals surface area contributed by atoms with Crippen LogP contribution in [0.4, 0.5) is 4.39 Å². The van der Waals surface area contributed by atoms with Crippen LogP contribution in [0.15, 0.2) is 40.9 Å². The van der Waals surface area contributed by atoms with Crippen LogP contribution in [0.1, 0.15) is 29.7 Å². The third-order valence-corrected chi connectivity index (χ3v) is 4.24. The standard InChI is InChI=1S/C15H12BrClFNO/c16-8-1-3-10(12(17)5-8)15-7-13(19)11-4-2-9(18)6-14(11)20-15/h1-6,13,15H,7,19H2. The number of halogens is 3. The fourth-order valence-electron chi connectivity index (χ4n) is 2.43. The molecule has 5 heteroatoms. The van der Waals surface area contributed by atoms with Crippen LogP contribution in [-0.4, -0.2) is 0 Å². The van der Waals surface area contributed by atoms with E-state index in [-0.39, 0.29) is 18.0 Å². The Morgan fingerprint density at radius 3 is 2.70 bits per heavy atom. The summed E-state index contributed by atoms with van der Waals surface area (Å²) < 4.78 is 20.1. The average Bonchev–Trinajstić information content (AvgIpc) is 2.37. The summed E-state index contributed by atoms with van der Waals surface area (Å²) in [5, 5.41) is 0.608. The first-order chi connectivity index (χ1) is 9.54. The van der Waals surface area contributed by atoms with Crippen LogP contribution in [0.25, 0.3) is 0 Å². The van der Waals surface area contributed by atoms with Crippen LogP contribution >= 0.6 is 27.5 Å². The largest absolute Gasteiger partial charge is 0.485 e. The second-order valence-electron chi connectivity index (χ2n) is 4.80. The maximum Gasteiger partial charge on any atom is 0.127 e. The van der Waals surface area contributed by atoms with Gasteiger partial charge < -0.3 is 10.5 Å². The number of hydrogen-bond donors (Lipinski definition) is 1. The van der Waals surface area contributed by atoms with Crippen molar-refractivity contribution in [1.29, 1.82) is 0 Å². The second kappa shape index (κ2) is 5.35. The zero-order valence-electron chi connectivity index (χ0n) is 10.4. The third kappa shape index (κ3) is 2.55. The predicted molar refractivity (Wildman–Crippen MR) is 80.5 cm³/mol. The lowest BCUT2D eigenvalue weighted by Crippen LogP contribution is -2.24. The predicted octanol–water partition coefficient (Wildman–Crippen LogP) is 4.77. The van der Waals surface area contributed by atoms with Crippen LogP contribution in [0.2, 0.25) is 5.02 Å². The molecule has 0 spiro atoms. The molecule has 1 aliphatic heterocycles. The molecule has 2 aromatic rings. The summed E-state index contributed by atoms with van der Waals surface area (Å²) >= 11 is 9.61. The Balaban J connectivity index is 1.98. The van der Waals surface area contributed by atoms with Gasteiger partial charge in [-0.05, 0) is 18.2 Å².